The van der Waals surface area contributed by atoms with Crippen LogP contribution in [0.1, 0.15) is 17.3 Å². The summed E-state index contributed by atoms with van der Waals surface area (Å²) < 4.78 is 5.11. The molecule has 0 spiro atoms. The maximum Gasteiger partial charge on any atom is 0.338 e. The van der Waals surface area contributed by atoms with Gasteiger partial charge < -0.3 is 4.74 Å². The molecule has 0 aliphatic rings. The number of nitrogens with zero attached hydrogens (tertiary/aromatic N) is 2. The van der Waals surface area contributed by atoms with Crippen LogP contribution in [0.15, 0.2) is 55.0 Å². The van der Waals surface area contributed by atoms with Crippen molar-refractivity contribution in [1.29, 1.82) is 0 Å². The molecule has 2 aromatic carbocycles. The molecule has 0 radical (unpaired) electrons. The average molecular weight is 278 g/mol. The second kappa shape index (κ2) is 5.71. The van der Waals surface area contributed by atoms with Gasteiger partial charge in [-0.05, 0) is 23.8 Å². The van der Waals surface area contributed by atoms with E-state index in [4.69, 9.17) is 4.74 Å². The van der Waals surface area contributed by atoms with Crippen LogP contribution in [-0.4, -0.2) is 22.5 Å². The fraction of sp³-hybridized carbons (Fsp3) is 0.118. The highest BCUT2D eigenvalue weighted by atomic mass is 16.5. The maximum atomic E-state index is 12.1. The lowest BCUT2D eigenvalue weighted by molar-refractivity contribution is 0.0528. The van der Waals surface area contributed by atoms with Gasteiger partial charge in [0.25, 0.3) is 0 Å². The van der Waals surface area contributed by atoms with Gasteiger partial charge in [0.2, 0.25) is 0 Å². The first-order chi connectivity index (χ1) is 10.3. The van der Waals surface area contributed by atoms with E-state index in [1.807, 2.05) is 30.3 Å². The summed E-state index contributed by atoms with van der Waals surface area (Å²) in [6.07, 6.45) is 5.01. The molecule has 0 bridgehead atoms. The lowest BCUT2D eigenvalue weighted by atomic mass is 9.98. The van der Waals surface area contributed by atoms with E-state index in [0.29, 0.717) is 12.2 Å². The number of ether oxygens (including phenoxy) is 1. The van der Waals surface area contributed by atoms with Crippen molar-refractivity contribution >= 4 is 16.7 Å². The van der Waals surface area contributed by atoms with Gasteiger partial charge in [0.05, 0.1) is 24.1 Å². The molecule has 0 aliphatic carbocycles. The first-order valence-corrected chi connectivity index (χ1v) is 6.76. The molecule has 0 atom stereocenters. The molecule has 0 unspecified atom stereocenters. The zero-order chi connectivity index (χ0) is 14.7. The van der Waals surface area contributed by atoms with Gasteiger partial charge in [-0.15, -0.1) is 0 Å². The van der Waals surface area contributed by atoms with Gasteiger partial charge in [-0.3, -0.25) is 9.97 Å². The van der Waals surface area contributed by atoms with Crippen molar-refractivity contribution in [1.82, 2.24) is 9.97 Å². The molecule has 1 aromatic heterocycles. The Morgan fingerprint density at radius 3 is 2.62 bits per heavy atom. The van der Waals surface area contributed by atoms with Crippen molar-refractivity contribution in [3.05, 3.63) is 60.6 Å². The van der Waals surface area contributed by atoms with E-state index in [9.17, 15) is 4.79 Å². The molecule has 104 valence electrons. The first-order valence-electron chi connectivity index (χ1n) is 6.76. The van der Waals surface area contributed by atoms with Crippen LogP contribution in [0.25, 0.3) is 22.0 Å². The van der Waals surface area contributed by atoms with Gasteiger partial charge in [-0.1, -0.05) is 30.3 Å². The van der Waals surface area contributed by atoms with Gasteiger partial charge in [-0.25, -0.2) is 4.79 Å². The van der Waals surface area contributed by atoms with E-state index >= 15 is 0 Å². The van der Waals surface area contributed by atoms with E-state index in [1.165, 1.54) is 0 Å². The third kappa shape index (κ3) is 2.48. The molecule has 0 fully saturated rings. The predicted molar refractivity (Wildman–Crippen MR) is 80.9 cm³/mol. The van der Waals surface area contributed by atoms with E-state index < -0.39 is 0 Å². The third-order valence-corrected chi connectivity index (χ3v) is 3.26. The molecule has 1 heterocycles. The monoisotopic (exact) mass is 278 g/mol. The van der Waals surface area contributed by atoms with E-state index in [1.54, 1.807) is 31.6 Å². The van der Waals surface area contributed by atoms with Crippen molar-refractivity contribution in [3.63, 3.8) is 0 Å². The summed E-state index contributed by atoms with van der Waals surface area (Å²) in [5.41, 5.74) is 2.30. The van der Waals surface area contributed by atoms with Crippen LogP contribution in [0.2, 0.25) is 0 Å². The highest BCUT2D eigenvalue weighted by Gasteiger charge is 2.14. The fourth-order valence-corrected chi connectivity index (χ4v) is 2.35. The predicted octanol–water partition coefficient (Wildman–Crippen LogP) is 3.47. The summed E-state index contributed by atoms with van der Waals surface area (Å²) in [7, 11) is 0. The largest absolute Gasteiger partial charge is 0.462 e. The Kier molecular flexibility index (Phi) is 3.60. The molecular weight excluding hydrogens is 264 g/mol. The third-order valence-electron chi connectivity index (χ3n) is 3.26. The smallest absolute Gasteiger partial charge is 0.338 e. The van der Waals surface area contributed by atoms with E-state index in [-0.39, 0.29) is 5.97 Å². The summed E-state index contributed by atoms with van der Waals surface area (Å²) in [4.78, 5) is 20.5. The molecule has 0 amide bonds. The molecule has 0 N–H and O–H groups in total. The Morgan fingerprint density at radius 1 is 1.10 bits per heavy atom. The molecule has 4 nitrogen and oxygen atoms in total. The summed E-state index contributed by atoms with van der Waals surface area (Å²) in [6.45, 7) is 2.16. The van der Waals surface area contributed by atoms with Crippen molar-refractivity contribution in [2.45, 2.75) is 6.92 Å². The number of carbonyl (C=O) groups is 1. The minimum absolute atomic E-state index is 0.306. The van der Waals surface area contributed by atoms with Crippen molar-refractivity contribution < 1.29 is 9.53 Å². The van der Waals surface area contributed by atoms with Crippen LogP contribution in [0.4, 0.5) is 0 Å². The van der Waals surface area contributed by atoms with Crippen LogP contribution >= 0.6 is 0 Å². The Labute approximate surface area is 122 Å². The van der Waals surface area contributed by atoms with Crippen molar-refractivity contribution in [2.24, 2.45) is 0 Å². The van der Waals surface area contributed by atoms with Gasteiger partial charge in [0.15, 0.2) is 0 Å². The second-order valence-electron chi connectivity index (χ2n) is 4.52. The number of esters is 1. The van der Waals surface area contributed by atoms with E-state index in [0.717, 1.165) is 22.0 Å². The summed E-state index contributed by atoms with van der Waals surface area (Å²) in [6, 6.07) is 11.4. The Balaban J connectivity index is 2.22. The number of hydrogen-bond donors (Lipinski definition) is 0. The minimum Gasteiger partial charge on any atom is -0.462 e. The van der Waals surface area contributed by atoms with Crippen LogP contribution in [0, 0.1) is 0 Å². The topological polar surface area (TPSA) is 52.1 Å². The van der Waals surface area contributed by atoms with Gasteiger partial charge >= 0.3 is 5.97 Å². The summed E-state index contributed by atoms with van der Waals surface area (Å²) in [5.74, 6) is -0.306. The van der Waals surface area contributed by atoms with Crippen molar-refractivity contribution in [3.8, 4) is 11.3 Å². The van der Waals surface area contributed by atoms with E-state index in [2.05, 4.69) is 9.97 Å². The first kappa shape index (κ1) is 13.2. The number of aromatic nitrogens is 2. The fourth-order valence-electron chi connectivity index (χ4n) is 2.35. The molecule has 3 aromatic rings. The number of benzene rings is 2. The summed E-state index contributed by atoms with van der Waals surface area (Å²) >= 11 is 0. The molecule has 3 rings (SSSR count). The second-order valence-corrected chi connectivity index (χ2v) is 4.52. The number of rotatable bonds is 3. The average Bonchev–Trinajstić information content (AvgIpc) is 2.55. The minimum atomic E-state index is -0.306. The van der Waals surface area contributed by atoms with Crippen molar-refractivity contribution in [2.75, 3.05) is 6.61 Å². The molecule has 0 saturated carbocycles. The Hall–Kier alpha value is -2.75. The van der Waals surface area contributed by atoms with Crippen LogP contribution < -0.4 is 0 Å². The van der Waals surface area contributed by atoms with Crippen LogP contribution in [-0.2, 0) is 4.74 Å². The molecule has 0 saturated heterocycles. The zero-order valence-electron chi connectivity index (χ0n) is 11.6. The van der Waals surface area contributed by atoms with Crippen LogP contribution in [0.3, 0.4) is 0 Å². The number of hydrogen-bond acceptors (Lipinski definition) is 4. The lowest BCUT2D eigenvalue weighted by Gasteiger charge is -2.10. The Morgan fingerprint density at radius 2 is 1.90 bits per heavy atom. The maximum absolute atomic E-state index is 12.1. The summed E-state index contributed by atoms with van der Waals surface area (Å²) in [5, 5.41) is 1.82. The standard InChI is InChI=1S/C17H14N2O2/c1-2-21-17(20)15-8-7-14(16-11-18-9-10-19-16)12-5-3-4-6-13(12)15/h3-11H,2H2,1H3. The molecule has 21 heavy (non-hydrogen) atoms. The molecule has 0 aliphatic heterocycles. The SMILES string of the molecule is CCOC(=O)c1ccc(-c2cnccn2)c2ccccc12. The number of fused-ring (bicyclic) bond motifs is 1. The highest BCUT2D eigenvalue weighted by molar-refractivity contribution is 6.08. The number of carbonyl (C=O) groups excluding carboxylic acids is 1. The van der Waals surface area contributed by atoms with Gasteiger partial charge in [0.1, 0.15) is 0 Å². The lowest BCUT2D eigenvalue weighted by Crippen LogP contribution is -2.05. The zero-order valence-corrected chi connectivity index (χ0v) is 11.6. The quantitative estimate of drug-likeness (QED) is 0.688. The normalized spacial score (nSPS) is 10.5. The molecular formula is C17H14N2O2. The highest BCUT2D eigenvalue weighted by Crippen LogP contribution is 2.29. The Bertz CT molecular complexity index is 785. The van der Waals surface area contributed by atoms with Gasteiger partial charge in [-0.2, -0.15) is 0 Å². The molecule has 4 heteroatoms. The van der Waals surface area contributed by atoms with Crippen LogP contribution in [0.5, 0.6) is 0 Å². The van der Waals surface area contributed by atoms with Gasteiger partial charge in [0, 0.05) is 18.0 Å².